The van der Waals surface area contributed by atoms with Crippen molar-refractivity contribution in [3.8, 4) is 0 Å². The molecule has 122 valence electrons. The second-order valence-corrected chi connectivity index (χ2v) is 7.81. The first-order valence-electron chi connectivity index (χ1n) is 9.08. The van der Waals surface area contributed by atoms with E-state index in [1.165, 1.54) is 73.6 Å². The monoisotopic (exact) mass is 326 g/mol. The molecule has 2 nitrogen and oxygen atoms in total. The molecule has 2 aliphatic heterocycles. The van der Waals surface area contributed by atoms with Crippen molar-refractivity contribution in [2.24, 2.45) is 0 Å². The van der Waals surface area contributed by atoms with Crippen molar-refractivity contribution in [2.75, 3.05) is 31.1 Å². The van der Waals surface area contributed by atoms with Gasteiger partial charge in [-0.15, -0.1) is 0 Å². The van der Waals surface area contributed by atoms with Crippen molar-refractivity contribution in [1.82, 2.24) is 4.90 Å². The fourth-order valence-electron chi connectivity index (χ4n) is 3.88. The third-order valence-electron chi connectivity index (χ3n) is 5.14. The highest BCUT2D eigenvalue weighted by atomic mass is 32.2. The molecule has 0 N–H and O–H groups in total. The van der Waals surface area contributed by atoms with E-state index in [9.17, 15) is 0 Å². The van der Waals surface area contributed by atoms with Gasteiger partial charge in [-0.2, -0.15) is 0 Å². The molecule has 3 aliphatic rings. The summed E-state index contributed by atoms with van der Waals surface area (Å²) in [6, 6.07) is 8.91. The van der Waals surface area contributed by atoms with Crippen LogP contribution < -0.4 is 4.90 Å². The lowest BCUT2D eigenvalue weighted by atomic mass is 10.1. The summed E-state index contributed by atoms with van der Waals surface area (Å²) >= 11 is 1.95. The predicted octanol–water partition coefficient (Wildman–Crippen LogP) is 5.04. The highest BCUT2D eigenvalue weighted by Crippen LogP contribution is 2.46. The van der Waals surface area contributed by atoms with Gasteiger partial charge >= 0.3 is 0 Å². The zero-order chi connectivity index (χ0) is 15.5. The third kappa shape index (κ3) is 3.36. The van der Waals surface area contributed by atoms with Crippen molar-refractivity contribution >= 4 is 17.4 Å². The van der Waals surface area contributed by atoms with Gasteiger partial charge in [-0.05, 0) is 50.9 Å². The van der Waals surface area contributed by atoms with Gasteiger partial charge in [-0.3, -0.25) is 0 Å². The summed E-state index contributed by atoms with van der Waals surface area (Å²) < 4.78 is 0. The summed E-state index contributed by atoms with van der Waals surface area (Å²) in [4.78, 5) is 8.16. The van der Waals surface area contributed by atoms with Crippen molar-refractivity contribution in [3.63, 3.8) is 0 Å². The summed E-state index contributed by atoms with van der Waals surface area (Å²) in [5.41, 5.74) is 2.97. The Labute approximate surface area is 144 Å². The molecule has 0 radical (unpaired) electrons. The van der Waals surface area contributed by atoms with E-state index >= 15 is 0 Å². The first kappa shape index (κ1) is 15.3. The molecule has 0 aromatic heterocycles. The fourth-order valence-corrected chi connectivity index (χ4v) is 5.04. The number of likely N-dealkylation sites (tertiary alicyclic amines) is 1. The molecule has 0 unspecified atom stereocenters. The zero-order valence-electron chi connectivity index (χ0n) is 13.8. The molecule has 4 rings (SSSR count). The Kier molecular flexibility index (Phi) is 4.77. The average Bonchev–Trinajstić information content (AvgIpc) is 2.87. The number of para-hydroxylation sites is 1. The number of hydrogen-bond donors (Lipinski definition) is 0. The van der Waals surface area contributed by atoms with Crippen LogP contribution in [0.3, 0.4) is 0 Å². The van der Waals surface area contributed by atoms with Gasteiger partial charge in [-0.25, -0.2) is 0 Å². The molecule has 1 aliphatic carbocycles. The normalized spacial score (nSPS) is 21.8. The molecule has 0 saturated carbocycles. The molecule has 1 aromatic carbocycles. The molecule has 0 amide bonds. The van der Waals surface area contributed by atoms with Crippen molar-refractivity contribution in [1.29, 1.82) is 0 Å². The maximum atomic E-state index is 2.68. The average molecular weight is 327 g/mol. The van der Waals surface area contributed by atoms with E-state index in [1.807, 2.05) is 11.8 Å². The van der Waals surface area contributed by atoms with E-state index in [0.717, 1.165) is 6.54 Å². The number of thioether (sulfide) groups is 1. The highest BCUT2D eigenvalue weighted by Gasteiger charge is 2.25. The molecule has 1 aromatic rings. The maximum absolute atomic E-state index is 2.68. The van der Waals surface area contributed by atoms with Gasteiger partial charge in [-0.1, -0.05) is 48.9 Å². The van der Waals surface area contributed by atoms with Gasteiger partial charge in [0, 0.05) is 28.6 Å². The lowest BCUT2D eigenvalue weighted by molar-refractivity contribution is 0.291. The number of allylic oxidation sites excluding steroid dienone is 3. The first-order valence-corrected chi connectivity index (χ1v) is 9.90. The molecule has 2 heterocycles. The first-order chi connectivity index (χ1) is 11.4. The summed E-state index contributed by atoms with van der Waals surface area (Å²) in [6.07, 6.45) is 12.6. The van der Waals surface area contributed by atoms with Crippen LogP contribution in [0.25, 0.3) is 0 Å². The maximum Gasteiger partial charge on any atom is 0.0550 e. The minimum Gasteiger partial charge on any atom is -0.342 e. The Balaban J connectivity index is 1.54. The molecule has 1 fully saturated rings. The largest absolute Gasteiger partial charge is 0.342 e. The Morgan fingerprint density at radius 3 is 2.65 bits per heavy atom. The van der Waals surface area contributed by atoms with E-state index in [4.69, 9.17) is 0 Å². The number of hydrogen-bond acceptors (Lipinski definition) is 3. The lowest BCUT2D eigenvalue weighted by Gasteiger charge is -2.37. The van der Waals surface area contributed by atoms with Crippen LogP contribution in [0.15, 0.2) is 51.9 Å². The minimum absolute atomic E-state index is 1.13. The van der Waals surface area contributed by atoms with E-state index < -0.39 is 0 Å². The van der Waals surface area contributed by atoms with Crippen LogP contribution in [0.2, 0.25) is 0 Å². The minimum atomic E-state index is 1.13. The predicted molar refractivity (Wildman–Crippen MR) is 100.0 cm³/mol. The SMILES string of the molecule is C1=CC2=C(CC1)N(CCN1CCCCCC1)c1ccccc1S2. The van der Waals surface area contributed by atoms with Gasteiger partial charge in [0.15, 0.2) is 0 Å². The Morgan fingerprint density at radius 2 is 1.78 bits per heavy atom. The zero-order valence-corrected chi connectivity index (χ0v) is 14.7. The summed E-state index contributed by atoms with van der Waals surface area (Å²) in [7, 11) is 0. The number of benzene rings is 1. The van der Waals surface area contributed by atoms with Crippen LogP contribution >= 0.6 is 11.8 Å². The standard InChI is InChI=1S/C20H26N2S/c1-2-8-14-21(13-7-1)15-16-22-17-9-3-5-11-19(17)23-20-12-6-4-10-18(20)22/h3,5-6,9,11-12H,1-2,4,7-8,10,13-16H2. The van der Waals surface area contributed by atoms with Crippen molar-refractivity contribution in [2.45, 2.75) is 43.4 Å². The second-order valence-electron chi connectivity index (χ2n) is 6.73. The van der Waals surface area contributed by atoms with Crippen LogP contribution in [0.4, 0.5) is 5.69 Å². The number of rotatable bonds is 3. The van der Waals surface area contributed by atoms with Crippen LogP contribution in [-0.4, -0.2) is 31.1 Å². The van der Waals surface area contributed by atoms with E-state index in [-0.39, 0.29) is 0 Å². The summed E-state index contributed by atoms with van der Waals surface area (Å²) in [5.74, 6) is 0. The highest BCUT2D eigenvalue weighted by molar-refractivity contribution is 8.03. The smallest absolute Gasteiger partial charge is 0.0550 e. The van der Waals surface area contributed by atoms with Crippen LogP contribution in [-0.2, 0) is 0 Å². The molecule has 0 atom stereocenters. The second kappa shape index (κ2) is 7.14. The number of anilines is 1. The lowest BCUT2D eigenvalue weighted by Crippen LogP contribution is -2.37. The molecule has 0 bridgehead atoms. The van der Waals surface area contributed by atoms with Gasteiger partial charge in [0.25, 0.3) is 0 Å². The van der Waals surface area contributed by atoms with Gasteiger partial charge in [0.1, 0.15) is 0 Å². The van der Waals surface area contributed by atoms with E-state index in [2.05, 4.69) is 46.2 Å². The fraction of sp³-hybridized carbons (Fsp3) is 0.500. The van der Waals surface area contributed by atoms with Crippen LogP contribution in [0.1, 0.15) is 38.5 Å². The Morgan fingerprint density at radius 1 is 0.957 bits per heavy atom. The quantitative estimate of drug-likeness (QED) is 0.768. The van der Waals surface area contributed by atoms with Gasteiger partial charge < -0.3 is 9.80 Å². The van der Waals surface area contributed by atoms with E-state index in [1.54, 1.807) is 5.70 Å². The Hall–Kier alpha value is -1.19. The molecular formula is C20H26N2S. The molecule has 1 saturated heterocycles. The van der Waals surface area contributed by atoms with Gasteiger partial charge in [0.05, 0.1) is 5.69 Å². The molecular weight excluding hydrogens is 300 g/mol. The van der Waals surface area contributed by atoms with Gasteiger partial charge in [0.2, 0.25) is 0 Å². The summed E-state index contributed by atoms with van der Waals surface area (Å²) in [5, 5.41) is 0. The molecule has 23 heavy (non-hydrogen) atoms. The number of nitrogens with zero attached hydrogens (tertiary/aromatic N) is 2. The van der Waals surface area contributed by atoms with Crippen molar-refractivity contribution < 1.29 is 0 Å². The van der Waals surface area contributed by atoms with Crippen LogP contribution in [0, 0.1) is 0 Å². The third-order valence-corrected chi connectivity index (χ3v) is 6.30. The van der Waals surface area contributed by atoms with Crippen molar-refractivity contribution in [3.05, 3.63) is 47.0 Å². The topological polar surface area (TPSA) is 6.48 Å². The Bertz CT molecular complexity index is 612. The molecule has 3 heteroatoms. The van der Waals surface area contributed by atoms with E-state index in [0.29, 0.717) is 0 Å². The number of fused-ring (bicyclic) bond motifs is 1. The van der Waals surface area contributed by atoms with Crippen LogP contribution in [0.5, 0.6) is 0 Å². The summed E-state index contributed by atoms with van der Waals surface area (Å²) in [6.45, 7) is 4.90. The molecule has 0 spiro atoms.